The van der Waals surface area contributed by atoms with E-state index in [-0.39, 0.29) is 6.17 Å². The van der Waals surface area contributed by atoms with Crippen LogP contribution in [0.1, 0.15) is 6.42 Å². The van der Waals surface area contributed by atoms with E-state index < -0.39 is 0 Å². The van der Waals surface area contributed by atoms with Crippen LogP contribution in [0.3, 0.4) is 0 Å². The Morgan fingerprint density at radius 1 is 1.75 bits per heavy atom. The minimum absolute atomic E-state index is 0. The zero-order chi connectivity index (χ0) is 7.94. The first-order valence-corrected chi connectivity index (χ1v) is 3.58. The van der Waals surface area contributed by atoms with Gasteiger partial charge in [-0.05, 0) is 6.42 Å². The number of nitrogens with two attached hydrogens (primary N) is 1. The normalized spacial score (nSPS) is 20.6. The molecule has 3 N–H and O–H groups in total. The fourth-order valence-corrected chi connectivity index (χ4v) is 0.847. The minimum Gasteiger partial charge on any atom is -0.458 e. The third-order valence-electron chi connectivity index (χ3n) is 1.39. The number of rotatable bonds is 4. The maximum absolute atomic E-state index is 4.85. The van der Waals surface area contributed by atoms with Gasteiger partial charge in [0.2, 0.25) is 0 Å². The van der Waals surface area contributed by atoms with Crippen LogP contribution >= 0.6 is 0 Å². The van der Waals surface area contributed by atoms with Crippen molar-refractivity contribution in [1.82, 2.24) is 5.32 Å². The molecule has 0 saturated carbocycles. The number of hydrogen-bond donors (Lipinski definition) is 2. The van der Waals surface area contributed by atoms with E-state index in [2.05, 4.69) is 21.2 Å². The van der Waals surface area contributed by atoms with E-state index in [1.807, 2.05) is 6.08 Å². The van der Waals surface area contributed by atoms with Crippen molar-refractivity contribution < 1.29 is 4.84 Å². The molecule has 0 aromatic heterocycles. The average molecular weight is 424 g/mol. The van der Waals surface area contributed by atoms with E-state index >= 15 is 0 Å². The summed E-state index contributed by atoms with van der Waals surface area (Å²) in [4.78, 5) is 8.52. The largest absolute Gasteiger partial charge is 0.458 e. The predicted octanol–water partition coefficient (Wildman–Crippen LogP) is -0.374. The van der Waals surface area contributed by atoms with Crippen molar-refractivity contribution in [3.05, 3.63) is 12.2 Å². The van der Waals surface area contributed by atoms with E-state index in [1.54, 1.807) is 6.21 Å². The fraction of sp³-hybridized carbons (Fsp3) is 0.571. The summed E-state index contributed by atoms with van der Waals surface area (Å²) in [7, 11) is 0. The molecule has 0 saturated heterocycles. The second-order valence-corrected chi connectivity index (χ2v) is 2.23. The second kappa shape index (κ2) is 6.03. The Bertz CT molecular complexity index is 161. The Kier molecular flexibility index (Phi) is 5.17. The Hall–Kier alpha value is -1.71. The molecular formula is C7H12BhN3O-. The van der Waals surface area contributed by atoms with Gasteiger partial charge in [-0.25, -0.2) is 5.90 Å². The molecule has 0 bridgehead atoms. The van der Waals surface area contributed by atoms with Gasteiger partial charge in [-0.15, -0.1) is 0 Å². The molecule has 12 heavy (non-hydrogen) atoms. The molecular weight excluding hydrogens is 412 g/mol. The maximum Gasteiger partial charge on any atom is 0.0968 e. The van der Waals surface area contributed by atoms with Crippen molar-refractivity contribution in [3.63, 3.8) is 0 Å². The Morgan fingerprint density at radius 2 is 2.58 bits per heavy atom. The van der Waals surface area contributed by atoms with Gasteiger partial charge in [-0.3, -0.25) is 11.4 Å². The van der Waals surface area contributed by atoms with Gasteiger partial charge in [-0.1, -0.05) is 0 Å². The molecule has 0 fully saturated rings. The summed E-state index contributed by atoms with van der Waals surface area (Å²) in [6, 6.07) is 0. The zero-order valence-electron chi connectivity index (χ0n) is 6.99. The molecule has 4 nitrogen and oxygen atoms in total. The first kappa shape index (κ1) is 10.3. The monoisotopic (exact) mass is 424 g/mol. The van der Waals surface area contributed by atoms with Gasteiger partial charge >= 0.3 is 0 Å². The molecule has 0 aromatic carbocycles. The van der Waals surface area contributed by atoms with Gasteiger partial charge < -0.3 is 15.9 Å². The summed E-state index contributed by atoms with van der Waals surface area (Å²) in [5.41, 5.74) is 0. The molecule has 5 heteroatoms. The molecule has 0 aromatic rings. The molecule has 0 spiro atoms. The van der Waals surface area contributed by atoms with Crippen molar-refractivity contribution in [2.75, 3.05) is 13.2 Å². The van der Waals surface area contributed by atoms with Gasteiger partial charge in [0.05, 0.1) is 12.8 Å². The van der Waals surface area contributed by atoms with Crippen LogP contribution in [0, 0.1) is 6.08 Å². The number of allylic oxidation sites excluding steroid dienone is 1. The SMILES string of the molecule is NOCCNC1CC=[C-]C=N1.[Bh]. The van der Waals surface area contributed by atoms with Crippen LogP contribution in [0.5, 0.6) is 0 Å². The molecule has 0 amide bonds. The standard InChI is InChI=1S/C7H12N3O.Bh/c8-11-6-5-10-7-3-1-2-4-9-7;/h1,4,7,10H,3,5-6,8H2;/q-1;. The summed E-state index contributed by atoms with van der Waals surface area (Å²) in [6.07, 6.45) is 7.58. The van der Waals surface area contributed by atoms with Gasteiger partial charge in [0.1, 0.15) is 0 Å². The summed E-state index contributed by atoms with van der Waals surface area (Å²) in [6.45, 7) is 1.24. The third kappa shape index (κ3) is 3.46. The topological polar surface area (TPSA) is 59.6 Å². The number of nitrogens with one attached hydrogen (secondary N) is 1. The molecule has 1 heterocycles. The van der Waals surface area contributed by atoms with Crippen LogP contribution in [0.15, 0.2) is 11.1 Å². The van der Waals surface area contributed by atoms with Gasteiger partial charge in [-0.2, -0.15) is 6.21 Å². The van der Waals surface area contributed by atoms with Crippen LogP contribution in [0.2, 0.25) is 0 Å². The Balaban J connectivity index is 0.00000121. The Labute approximate surface area is 66.1 Å². The fourth-order valence-electron chi connectivity index (χ4n) is 0.847. The van der Waals surface area contributed by atoms with Gasteiger partial charge in [0.25, 0.3) is 0 Å². The molecule has 0 radical (unpaired) electrons. The van der Waals surface area contributed by atoms with Crippen LogP contribution in [-0.4, -0.2) is 25.5 Å². The zero-order valence-corrected chi connectivity index (χ0v) is 13.5. The first-order valence-electron chi connectivity index (χ1n) is 3.58. The molecule has 1 unspecified atom stereocenters. The average Bonchev–Trinajstić information content (AvgIpc) is 2.07. The molecule has 1 aliphatic heterocycles. The number of nitrogens with zero attached hydrogens (tertiary/aromatic N) is 1. The molecule has 0 aliphatic carbocycles. The van der Waals surface area contributed by atoms with Crippen molar-refractivity contribution in [2.24, 2.45) is 10.9 Å². The first-order chi connectivity index (χ1) is 5.43. The molecule has 1 atom stereocenters. The van der Waals surface area contributed by atoms with Gasteiger partial charge in [0, 0.05) is 6.54 Å². The molecule has 1 rings (SSSR count). The minimum atomic E-state index is 0. The molecule has 1 aliphatic rings. The van der Waals surface area contributed by atoms with E-state index in [0.29, 0.717) is 6.61 Å². The quantitative estimate of drug-likeness (QED) is 0.368. The number of hydrogen-bond acceptors (Lipinski definition) is 4. The number of aliphatic imine (C=N–C) groups is 1. The van der Waals surface area contributed by atoms with Gasteiger partial charge in [0.15, 0.2) is 0 Å². The maximum atomic E-state index is 4.85. The third-order valence-corrected chi connectivity index (χ3v) is 1.39. The van der Waals surface area contributed by atoms with Crippen molar-refractivity contribution in [1.29, 1.82) is 0 Å². The summed E-state index contributed by atoms with van der Waals surface area (Å²) < 4.78 is 0. The van der Waals surface area contributed by atoms with E-state index in [0.717, 1.165) is 13.0 Å². The van der Waals surface area contributed by atoms with E-state index in [1.165, 1.54) is 0 Å². The van der Waals surface area contributed by atoms with E-state index in [9.17, 15) is 0 Å². The van der Waals surface area contributed by atoms with Crippen molar-refractivity contribution in [3.8, 4) is 0 Å². The van der Waals surface area contributed by atoms with Crippen LogP contribution in [-0.2, 0) is 4.84 Å². The smallest absolute Gasteiger partial charge is 0.0968 e. The number of dihydropyridines is 1. The van der Waals surface area contributed by atoms with Crippen molar-refractivity contribution in [2.45, 2.75) is 12.6 Å². The van der Waals surface area contributed by atoms with Crippen LogP contribution < -0.4 is 11.2 Å². The van der Waals surface area contributed by atoms with Crippen LogP contribution in [0.4, 0.5) is 0 Å². The predicted molar refractivity (Wildman–Crippen MR) is 42.9 cm³/mol. The molecule has 64 valence electrons. The Morgan fingerprint density at radius 3 is 3.17 bits per heavy atom. The van der Waals surface area contributed by atoms with Crippen molar-refractivity contribution >= 4 is 6.21 Å². The summed E-state index contributed by atoms with van der Waals surface area (Å²) >= 11 is 0. The second-order valence-electron chi connectivity index (χ2n) is 2.23. The summed E-state index contributed by atoms with van der Waals surface area (Å²) in [5.74, 6) is 4.85. The summed E-state index contributed by atoms with van der Waals surface area (Å²) in [5, 5.41) is 3.15. The van der Waals surface area contributed by atoms with E-state index in [4.69, 9.17) is 5.90 Å². The van der Waals surface area contributed by atoms with Crippen LogP contribution in [0.25, 0.3) is 0 Å².